The Labute approximate surface area is 139 Å². The zero-order valence-electron chi connectivity index (χ0n) is 11.5. The quantitative estimate of drug-likeness (QED) is 0.717. The molecule has 0 saturated heterocycles. The van der Waals surface area contributed by atoms with Gasteiger partial charge in [0.05, 0.1) is 18.1 Å². The number of hydrogen-bond donors (Lipinski definition) is 0. The van der Waals surface area contributed by atoms with Crippen molar-refractivity contribution in [3.05, 3.63) is 60.9 Å². The highest BCUT2D eigenvalue weighted by atomic mass is 79.9. The van der Waals surface area contributed by atoms with Crippen LogP contribution < -0.4 is 10.3 Å². The van der Waals surface area contributed by atoms with Gasteiger partial charge in [0.2, 0.25) is 0 Å². The molecule has 1 aromatic carbocycles. The maximum atomic E-state index is 12.1. The molecule has 0 atom stereocenters. The van der Waals surface area contributed by atoms with Crippen LogP contribution in [0, 0.1) is 0 Å². The SMILES string of the molecule is COc1ccc(C(C)=O)cc1Cn1cc(Br)cc(Br)c1=O. The van der Waals surface area contributed by atoms with Crippen LogP contribution in [0.1, 0.15) is 22.8 Å². The number of pyridine rings is 1. The fourth-order valence-electron chi connectivity index (χ4n) is 1.99. The largest absolute Gasteiger partial charge is 0.496 e. The Bertz CT molecular complexity index is 753. The number of carbonyl (C=O) groups excluding carboxylic acids is 1. The van der Waals surface area contributed by atoms with Crippen molar-refractivity contribution in [2.45, 2.75) is 13.5 Å². The van der Waals surface area contributed by atoms with E-state index in [1.807, 2.05) is 0 Å². The van der Waals surface area contributed by atoms with Crippen LogP contribution in [-0.4, -0.2) is 17.5 Å². The maximum Gasteiger partial charge on any atom is 0.265 e. The van der Waals surface area contributed by atoms with Crippen molar-refractivity contribution in [2.75, 3.05) is 7.11 Å². The summed E-state index contributed by atoms with van der Waals surface area (Å²) in [6.07, 6.45) is 1.70. The van der Waals surface area contributed by atoms with Gasteiger partial charge in [-0.3, -0.25) is 9.59 Å². The summed E-state index contributed by atoms with van der Waals surface area (Å²) in [5.74, 6) is 0.615. The lowest BCUT2D eigenvalue weighted by atomic mass is 10.1. The highest BCUT2D eigenvalue weighted by molar-refractivity contribution is 9.11. The van der Waals surface area contributed by atoms with Gasteiger partial charge < -0.3 is 9.30 Å². The predicted molar refractivity (Wildman–Crippen MR) is 88.2 cm³/mol. The molecule has 0 spiro atoms. The molecule has 2 rings (SSSR count). The second kappa shape index (κ2) is 6.58. The van der Waals surface area contributed by atoms with Crippen molar-refractivity contribution in [1.29, 1.82) is 0 Å². The van der Waals surface area contributed by atoms with Crippen LogP contribution >= 0.6 is 31.9 Å². The Balaban J connectivity index is 2.50. The molecule has 0 radical (unpaired) electrons. The van der Waals surface area contributed by atoms with Gasteiger partial charge in [-0.15, -0.1) is 0 Å². The number of ketones is 1. The van der Waals surface area contributed by atoms with Crippen LogP contribution in [0.4, 0.5) is 0 Å². The number of benzene rings is 1. The van der Waals surface area contributed by atoms with E-state index >= 15 is 0 Å². The molecule has 21 heavy (non-hydrogen) atoms. The summed E-state index contributed by atoms with van der Waals surface area (Å²) in [6.45, 7) is 1.83. The third kappa shape index (κ3) is 3.63. The van der Waals surface area contributed by atoms with Gasteiger partial charge in [-0.05, 0) is 63.0 Å². The topological polar surface area (TPSA) is 48.3 Å². The van der Waals surface area contributed by atoms with Gasteiger partial charge in [0, 0.05) is 21.8 Å². The maximum absolute atomic E-state index is 12.1. The van der Waals surface area contributed by atoms with Gasteiger partial charge >= 0.3 is 0 Å². The number of aromatic nitrogens is 1. The zero-order chi connectivity index (χ0) is 15.6. The number of ether oxygens (including phenoxy) is 1. The number of rotatable bonds is 4. The molecule has 0 aliphatic rings. The molecule has 0 aliphatic carbocycles. The lowest BCUT2D eigenvalue weighted by molar-refractivity contribution is 0.101. The Morgan fingerprint density at radius 3 is 2.62 bits per heavy atom. The predicted octanol–water partition coefficient (Wildman–Crippen LogP) is 3.63. The summed E-state index contributed by atoms with van der Waals surface area (Å²) in [5, 5.41) is 0. The van der Waals surface area contributed by atoms with E-state index in [1.165, 1.54) is 6.92 Å². The minimum Gasteiger partial charge on any atom is -0.496 e. The van der Waals surface area contributed by atoms with Crippen LogP contribution in [0.3, 0.4) is 0 Å². The van der Waals surface area contributed by atoms with E-state index in [4.69, 9.17) is 4.74 Å². The second-order valence-corrected chi connectivity index (χ2v) is 6.29. The minimum absolute atomic E-state index is 0.0262. The first kappa shape index (κ1) is 16.0. The molecule has 0 fully saturated rings. The molecule has 1 heterocycles. The van der Waals surface area contributed by atoms with E-state index in [0.717, 1.165) is 10.0 Å². The Hall–Kier alpha value is -1.40. The molecule has 0 saturated carbocycles. The van der Waals surface area contributed by atoms with Gasteiger partial charge in [-0.2, -0.15) is 0 Å². The second-order valence-electron chi connectivity index (χ2n) is 4.52. The monoisotopic (exact) mass is 413 g/mol. The molecule has 110 valence electrons. The first-order chi connectivity index (χ1) is 9.92. The molecule has 1 aromatic heterocycles. The van der Waals surface area contributed by atoms with E-state index in [9.17, 15) is 9.59 Å². The number of Topliss-reactive ketones (excluding diaryl/α,β-unsaturated/α-hetero) is 1. The van der Waals surface area contributed by atoms with E-state index in [-0.39, 0.29) is 11.3 Å². The van der Waals surface area contributed by atoms with Crippen molar-refractivity contribution >= 4 is 37.6 Å². The number of hydrogen-bond acceptors (Lipinski definition) is 3. The van der Waals surface area contributed by atoms with E-state index in [0.29, 0.717) is 22.3 Å². The number of halogens is 2. The van der Waals surface area contributed by atoms with Gasteiger partial charge in [-0.1, -0.05) is 0 Å². The van der Waals surface area contributed by atoms with Crippen LogP contribution in [0.5, 0.6) is 5.75 Å². The van der Waals surface area contributed by atoms with Crippen molar-refractivity contribution in [3.8, 4) is 5.75 Å². The molecule has 0 aliphatic heterocycles. The molecular formula is C15H13Br2NO3. The fraction of sp³-hybridized carbons (Fsp3) is 0.200. The molecular weight excluding hydrogens is 402 g/mol. The average molecular weight is 415 g/mol. The van der Waals surface area contributed by atoms with Crippen LogP contribution in [-0.2, 0) is 6.54 Å². The zero-order valence-corrected chi connectivity index (χ0v) is 14.7. The number of methoxy groups -OCH3 is 1. The minimum atomic E-state index is -0.145. The third-order valence-electron chi connectivity index (χ3n) is 3.04. The molecule has 2 aromatic rings. The third-order valence-corrected chi connectivity index (χ3v) is 4.04. The van der Waals surface area contributed by atoms with Gasteiger partial charge in [0.25, 0.3) is 5.56 Å². The van der Waals surface area contributed by atoms with Gasteiger partial charge in [-0.25, -0.2) is 0 Å². The lowest BCUT2D eigenvalue weighted by Gasteiger charge is -2.12. The van der Waals surface area contributed by atoms with Crippen LogP contribution in [0.2, 0.25) is 0 Å². The molecule has 0 N–H and O–H groups in total. The smallest absolute Gasteiger partial charge is 0.265 e. The normalized spacial score (nSPS) is 10.5. The van der Waals surface area contributed by atoms with Gasteiger partial charge in [0.1, 0.15) is 5.75 Å². The first-order valence-corrected chi connectivity index (χ1v) is 7.74. The van der Waals surface area contributed by atoms with E-state index in [1.54, 1.807) is 42.1 Å². The fourth-order valence-corrected chi connectivity index (χ4v) is 3.24. The van der Waals surface area contributed by atoms with Crippen LogP contribution in [0.15, 0.2) is 44.2 Å². The Morgan fingerprint density at radius 2 is 2.00 bits per heavy atom. The summed E-state index contributed by atoms with van der Waals surface area (Å²) in [7, 11) is 1.56. The molecule has 0 amide bonds. The number of nitrogens with zero attached hydrogens (tertiary/aromatic N) is 1. The van der Waals surface area contributed by atoms with E-state index < -0.39 is 0 Å². The summed E-state index contributed by atoms with van der Waals surface area (Å²) in [4.78, 5) is 23.6. The van der Waals surface area contributed by atoms with Gasteiger partial charge in [0.15, 0.2) is 5.78 Å². The molecule has 0 unspecified atom stereocenters. The Morgan fingerprint density at radius 1 is 1.29 bits per heavy atom. The highest BCUT2D eigenvalue weighted by Gasteiger charge is 2.10. The lowest BCUT2D eigenvalue weighted by Crippen LogP contribution is -2.21. The summed E-state index contributed by atoms with van der Waals surface area (Å²) >= 11 is 6.59. The van der Waals surface area contributed by atoms with Crippen molar-refractivity contribution < 1.29 is 9.53 Å². The first-order valence-electron chi connectivity index (χ1n) is 6.15. The highest BCUT2D eigenvalue weighted by Crippen LogP contribution is 2.22. The Kier molecular flexibility index (Phi) is 5.00. The summed E-state index contributed by atoms with van der Waals surface area (Å²) in [6, 6.07) is 6.90. The van der Waals surface area contributed by atoms with Crippen molar-refractivity contribution in [2.24, 2.45) is 0 Å². The molecule has 6 heteroatoms. The summed E-state index contributed by atoms with van der Waals surface area (Å²) in [5.41, 5.74) is 1.22. The summed E-state index contributed by atoms with van der Waals surface area (Å²) < 4.78 is 8.11. The average Bonchev–Trinajstić information content (AvgIpc) is 2.44. The van der Waals surface area contributed by atoms with Crippen molar-refractivity contribution in [3.63, 3.8) is 0 Å². The molecule has 4 nitrogen and oxygen atoms in total. The van der Waals surface area contributed by atoms with E-state index in [2.05, 4.69) is 31.9 Å². The van der Waals surface area contributed by atoms with Crippen molar-refractivity contribution in [1.82, 2.24) is 4.57 Å². The van der Waals surface area contributed by atoms with Crippen LogP contribution in [0.25, 0.3) is 0 Å². The standard InChI is InChI=1S/C15H13Br2NO3/c1-9(19)10-3-4-14(21-2)11(5-10)7-18-8-12(16)6-13(17)15(18)20/h3-6,8H,7H2,1-2H3. The number of carbonyl (C=O) groups is 1. The molecule has 0 bridgehead atoms.